The Kier molecular flexibility index (Phi) is 6.92. The third-order valence-corrected chi connectivity index (χ3v) is 8.34. The van der Waals surface area contributed by atoms with Crippen LogP contribution >= 0.6 is 0 Å². The molecule has 0 saturated heterocycles. The Bertz CT molecular complexity index is 207. The van der Waals surface area contributed by atoms with Crippen LogP contribution in [0, 0.1) is 0 Å². The van der Waals surface area contributed by atoms with Crippen LogP contribution in [-0.2, 0) is 13.9 Å². The largest absolute Gasteiger partial charge is 0.414 e. The van der Waals surface area contributed by atoms with E-state index < -0.39 is 8.32 Å². The lowest BCUT2D eigenvalue weighted by Crippen LogP contribution is -2.45. The summed E-state index contributed by atoms with van der Waals surface area (Å²) in [5.41, 5.74) is 0. The van der Waals surface area contributed by atoms with Crippen molar-refractivity contribution in [2.75, 3.05) is 20.8 Å². The lowest BCUT2D eigenvalue weighted by atomic mass is 10.1. The van der Waals surface area contributed by atoms with Gasteiger partial charge in [-0.15, -0.1) is 0 Å². The lowest BCUT2D eigenvalue weighted by molar-refractivity contribution is -0.0582. The van der Waals surface area contributed by atoms with Gasteiger partial charge in [-0.05, 0) is 24.6 Å². The normalized spacial score (nSPS) is 16.9. The molecular formula is C13H30O3Si. The molecule has 0 spiro atoms. The van der Waals surface area contributed by atoms with Crippen LogP contribution in [0.25, 0.3) is 0 Å². The number of ether oxygens (including phenoxy) is 2. The summed E-state index contributed by atoms with van der Waals surface area (Å²) in [5, 5.41) is 0.236. The van der Waals surface area contributed by atoms with Gasteiger partial charge in [0.25, 0.3) is 0 Å². The Labute approximate surface area is 108 Å². The van der Waals surface area contributed by atoms with E-state index in [0.29, 0.717) is 6.61 Å². The van der Waals surface area contributed by atoms with Crippen molar-refractivity contribution in [1.82, 2.24) is 0 Å². The van der Waals surface area contributed by atoms with Gasteiger partial charge in [-0.25, -0.2) is 0 Å². The molecule has 4 heteroatoms. The van der Waals surface area contributed by atoms with E-state index in [1.165, 1.54) is 0 Å². The maximum atomic E-state index is 6.17. The highest BCUT2D eigenvalue weighted by atomic mass is 28.4. The molecule has 0 aliphatic heterocycles. The Balaban J connectivity index is 4.42. The van der Waals surface area contributed by atoms with Crippen molar-refractivity contribution < 1.29 is 13.9 Å². The van der Waals surface area contributed by atoms with E-state index in [1.54, 1.807) is 14.2 Å². The van der Waals surface area contributed by atoms with Gasteiger partial charge in [-0.1, -0.05) is 27.7 Å². The summed E-state index contributed by atoms with van der Waals surface area (Å²) in [5.74, 6) is 0. The van der Waals surface area contributed by atoms with Crippen LogP contribution < -0.4 is 0 Å². The summed E-state index contributed by atoms with van der Waals surface area (Å²) in [7, 11) is 1.76. The predicted molar refractivity (Wildman–Crippen MR) is 75.0 cm³/mol. The second-order valence-electron chi connectivity index (χ2n) is 6.03. The molecule has 0 unspecified atom stereocenters. The van der Waals surface area contributed by atoms with Gasteiger partial charge in [0.05, 0.1) is 12.7 Å². The van der Waals surface area contributed by atoms with Crippen LogP contribution in [0.4, 0.5) is 0 Å². The van der Waals surface area contributed by atoms with Gasteiger partial charge in [-0.2, -0.15) is 0 Å². The quantitative estimate of drug-likeness (QED) is 0.658. The van der Waals surface area contributed by atoms with Gasteiger partial charge < -0.3 is 13.9 Å². The zero-order chi connectivity index (χ0) is 13.7. The maximum absolute atomic E-state index is 6.17. The molecule has 0 radical (unpaired) electrons. The smallest absolute Gasteiger partial charge is 0.192 e. The van der Waals surface area contributed by atoms with E-state index >= 15 is 0 Å². The standard InChI is InChI=1S/C13H30O3Si/c1-9-11(14-5)12(15-6)10-16-17(7,8)13(2,3)4/h11-12H,9-10H2,1-8H3/t11-,12-/m0/s1. The van der Waals surface area contributed by atoms with Crippen LogP contribution in [0.3, 0.4) is 0 Å². The Morgan fingerprint density at radius 3 is 1.76 bits per heavy atom. The molecule has 0 N–H and O–H groups in total. The second kappa shape index (κ2) is 6.88. The summed E-state index contributed by atoms with van der Waals surface area (Å²) in [6, 6.07) is 0. The van der Waals surface area contributed by atoms with Crippen LogP contribution in [0.2, 0.25) is 18.1 Å². The number of methoxy groups -OCH3 is 2. The molecule has 3 nitrogen and oxygen atoms in total. The molecule has 0 aliphatic carbocycles. The number of rotatable bonds is 7. The van der Waals surface area contributed by atoms with Crippen molar-refractivity contribution in [3.8, 4) is 0 Å². The van der Waals surface area contributed by atoms with Gasteiger partial charge in [0.15, 0.2) is 8.32 Å². The van der Waals surface area contributed by atoms with E-state index in [0.717, 1.165) is 6.42 Å². The summed E-state index contributed by atoms with van der Waals surface area (Å²) >= 11 is 0. The second-order valence-corrected chi connectivity index (χ2v) is 10.8. The summed E-state index contributed by atoms with van der Waals surface area (Å²) in [6.07, 6.45) is 1.08. The van der Waals surface area contributed by atoms with Gasteiger partial charge >= 0.3 is 0 Å². The molecule has 0 saturated carbocycles. The van der Waals surface area contributed by atoms with Crippen LogP contribution in [-0.4, -0.2) is 41.4 Å². The molecule has 0 aromatic rings. The minimum absolute atomic E-state index is 0.0270. The zero-order valence-electron chi connectivity index (χ0n) is 12.8. The topological polar surface area (TPSA) is 27.7 Å². The molecular weight excluding hydrogens is 232 g/mol. The third kappa shape index (κ3) is 5.08. The molecule has 0 heterocycles. The fraction of sp³-hybridized carbons (Fsp3) is 1.00. The maximum Gasteiger partial charge on any atom is 0.192 e. The van der Waals surface area contributed by atoms with Crippen molar-refractivity contribution in [2.24, 2.45) is 0 Å². The van der Waals surface area contributed by atoms with Gasteiger partial charge in [0, 0.05) is 14.2 Å². The van der Waals surface area contributed by atoms with Crippen molar-refractivity contribution in [2.45, 2.75) is 64.5 Å². The van der Waals surface area contributed by atoms with E-state index in [4.69, 9.17) is 13.9 Å². The average Bonchev–Trinajstić information content (AvgIpc) is 2.22. The molecule has 0 rings (SSSR count). The molecule has 0 amide bonds. The Morgan fingerprint density at radius 1 is 1.00 bits per heavy atom. The summed E-state index contributed by atoms with van der Waals surface area (Å²) < 4.78 is 17.1. The van der Waals surface area contributed by atoms with Crippen molar-refractivity contribution >= 4 is 8.32 Å². The first-order chi connectivity index (χ1) is 7.69. The fourth-order valence-electron chi connectivity index (χ4n) is 1.42. The molecule has 0 aromatic heterocycles. The van der Waals surface area contributed by atoms with Crippen molar-refractivity contribution in [3.63, 3.8) is 0 Å². The molecule has 0 fully saturated rings. The Hall–Kier alpha value is 0.0969. The predicted octanol–water partition coefficient (Wildman–Crippen LogP) is 3.45. The van der Waals surface area contributed by atoms with E-state index in [2.05, 4.69) is 40.8 Å². The molecule has 2 atom stereocenters. The molecule has 104 valence electrons. The average molecular weight is 262 g/mol. The fourth-order valence-corrected chi connectivity index (χ4v) is 2.43. The van der Waals surface area contributed by atoms with Gasteiger partial charge in [-0.3, -0.25) is 0 Å². The molecule has 17 heavy (non-hydrogen) atoms. The molecule has 0 aliphatic rings. The lowest BCUT2D eigenvalue weighted by Gasteiger charge is -2.37. The SMILES string of the molecule is CC[C@H](OC)[C@H](CO[Si](C)(C)C(C)(C)C)OC. The van der Waals surface area contributed by atoms with Gasteiger partial charge in [0.1, 0.15) is 6.10 Å². The first-order valence-corrected chi connectivity index (χ1v) is 9.30. The molecule has 0 bridgehead atoms. The first kappa shape index (κ1) is 17.1. The van der Waals surface area contributed by atoms with Crippen LogP contribution in [0.1, 0.15) is 34.1 Å². The highest BCUT2D eigenvalue weighted by molar-refractivity contribution is 6.74. The first-order valence-electron chi connectivity index (χ1n) is 6.39. The number of hydrogen-bond acceptors (Lipinski definition) is 3. The minimum atomic E-state index is -1.69. The van der Waals surface area contributed by atoms with Crippen molar-refractivity contribution in [1.29, 1.82) is 0 Å². The summed E-state index contributed by atoms with van der Waals surface area (Å²) in [4.78, 5) is 0. The monoisotopic (exact) mass is 262 g/mol. The highest BCUT2D eigenvalue weighted by Gasteiger charge is 2.38. The summed E-state index contributed by atoms with van der Waals surface area (Å²) in [6.45, 7) is 14.0. The minimum Gasteiger partial charge on any atom is -0.414 e. The van der Waals surface area contributed by atoms with E-state index in [1.807, 2.05) is 0 Å². The van der Waals surface area contributed by atoms with E-state index in [9.17, 15) is 0 Å². The van der Waals surface area contributed by atoms with Crippen LogP contribution in [0.5, 0.6) is 0 Å². The zero-order valence-corrected chi connectivity index (χ0v) is 13.8. The molecule has 0 aromatic carbocycles. The number of hydrogen-bond donors (Lipinski definition) is 0. The highest BCUT2D eigenvalue weighted by Crippen LogP contribution is 2.36. The van der Waals surface area contributed by atoms with Crippen molar-refractivity contribution in [3.05, 3.63) is 0 Å². The third-order valence-electron chi connectivity index (χ3n) is 3.84. The van der Waals surface area contributed by atoms with Gasteiger partial charge in [0.2, 0.25) is 0 Å². The van der Waals surface area contributed by atoms with E-state index in [-0.39, 0.29) is 17.2 Å². The Morgan fingerprint density at radius 2 is 1.47 bits per heavy atom. The van der Waals surface area contributed by atoms with Crippen LogP contribution in [0.15, 0.2) is 0 Å².